The highest BCUT2D eigenvalue weighted by atomic mass is 32.2. The largest absolute Gasteiger partial charge is 0.297 e. The van der Waals surface area contributed by atoms with Gasteiger partial charge in [-0.05, 0) is 39.4 Å². The summed E-state index contributed by atoms with van der Waals surface area (Å²) in [6, 6.07) is 2.75. The molecule has 0 aromatic heterocycles. The van der Waals surface area contributed by atoms with Crippen molar-refractivity contribution in [3.05, 3.63) is 0 Å². The van der Waals surface area contributed by atoms with Crippen molar-refractivity contribution in [3.8, 4) is 6.07 Å². The van der Waals surface area contributed by atoms with E-state index in [0.717, 1.165) is 18.6 Å². The van der Waals surface area contributed by atoms with E-state index >= 15 is 0 Å². The third-order valence-electron chi connectivity index (χ3n) is 2.21. The third-order valence-corrected chi connectivity index (χ3v) is 3.57. The third kappa shape index (κ3) is 8.01. The zero-order chi connectivity index (χ0) is 12.8. The molecular weight excluding hydrogens is 216 g/mol. The number of nitrogens with zero attached hydrogens (tertiary/aromatic N) is 1. The van der Waals surface area contributed by atoms with Crippen LogP contribution in [0.5, 0.6) is 0 Å². The lowest BCUT2D eigenvalue weighted by Crippen LogP contribution is -2.45. The van der Waals surface area contributed by atoms with Crippen LogP contribution in [0.1, 0.15) is 54.4 Å². The molecule has 0 aliphatic heterocycles. The van der Waals surface area contributed by atoms with Gasteiger partial charge in [0.25, 0.3) is 0 Å². The monoisotopic (exact) mass is 242 g/mol. The molecule has 0 spiro atoms. The molecular formula is C13H26N2S. The highest BCUT2D eigenvalue weighted by Gasteiger charge is 2.23. The number of nitriles is 1. The summed E-state index contributed by atoms with van der Waals surface area (Å²) in [5.41, 5.74) is -0.368. The molecule has 16 heavy (non-hydrogen) atoms. The molecule has 1 atom stereocenters. The highest BCUT2D eigenvalue weighted by molar-refractivity contribution is 8.00. The van der Waals surface area contributed by atoms with Gasteiger partial charge in [-0.2, -0.15) is 17.0 Å². The number of thioether (sulfide) groups is 1. The van der Waals surface area contributed by atoms with E-state index in [-0.39, 0.29) is 5.54 Å². The van der Waals surface area contributed by atoms with Crippen LogP contribution in [0.2, 0.25) is 0 Å². The first-order valence-electron chi connectivity index (χ1n) is 6.01. The molecule has 0 aliphatic carbocycles. The van der Waals surface area contributed by atoms with E-state index in [9.17, 15) is 5.26 Å². The van der Waals surface area contributed by atoms with Crippen molar-refractivity contribution >= 4 is 11.8 Å². The molecule has 0 aromatic rings. The maximum atomic E-state index is 9.17. The van der Waals surface area contributed by atoms with Crippen LogP contribution < -0.4 is 5.32 Å². The number of hydrogen-bond donors (Lipinski definition) is 1. The lowest BCUT2D eigenvalue weighted by Gasteiger charge is -2.26. The summed E-state index contributed by atoms with van der Waals surface area (Å²) in [5, 5.41) is 12.5. The van der Waals surface area contributed by atoms with Gasteiger partial charge in [-0.25, -0.2) is 0 Å². The SMILES string of the molecule is CC(C)NC(C)(C#N)CCCSC(C)(C)C. The second kappa shape index (κ2) is 6.51. The number of rotatable bonds is 6. The molecule has 0 rings (SSSR count). The molecule has 1 N–H and O–H groups in total. The average molecular weight is 242 g/mol. The fraction of sp³-hybridized carbons (Fsp3) is 0.923. The highest BCUT2D eigenvalue weighted by Crippen LogP contribution is 2.25. The Kier molecular flexibility index (Phi) is 6.43. The zero-order valence-electron chi connectivity index (χ0n) is 11.6. The predicted molar refractivity (Wildman–Crippen MR) is 73.7 cm³/mol. The quantitative estimate of drug-likeness (QED) is 0.723. The van der Waals surface area contributed by atoms with E-state index in [4.69, 9.17) is 0 Å². The van der Waals surface area contributed by atoms with Gasteiger partial charge in [0.2, 0.25) is 0 Å². The van der Waals surface area contributed by atoms with E-state index in [1.807, 2.05) is 18.7 Å². The minimum Gasteiger partial charge on any atom is -0.297 e. The Hall–Kier alpha value is -0.200. The van der Waals surface area contributed by atoms with Crippen LogP contribution in [0, 0.1) is 11.3 Å². The smallest absolute Gasteiger partial charge is 0.104 e. The van der Waals surface area contributed by atoms with Gasteiger partial charge in [0.05, 0.1) is 6.07 Å². The maximum Gasteiger partial charge on any atom is 0.104 e. The lowest BCUT2D eigenvalue weighted by atomic mass is 9.97. The van der Waals surface area contributed by atoms with Crippen LogP contribution in [0.4, 0.5) is 0 Å². The first-order chi connectivity index (χ1) is 7.18. The molecule has 0 fully saturated rings. The summed E-state index contributed by atoms with van der Waals surface area (Å²) in [4.78, 5) is 0. The maximum absolute atomic E-state index is 9.17. The Morgan fingerprint density at radius 3 is 2.19 bits per heavy atom. The summed E-state index contributed by atoms with van der Waals surface area (Å²) in [7, 11) is 0. The van der Waals surface area contributed by atoms with E-state index < -0.39 is 0 Å². The van der Waals surface area contributed by atoms with Crippen molar-refractivity contribution in [2.45, 2.75) is 70.7 Å². The zero-order valence-corrected chi connectivity index (χ0v) is 12.4. The number of hydrogen-bond acceptors (Lipinski definition) is 3. The Morgan fingerprint density at radius 2 is 1.81 bits per heavy atom. The summed E-state index contributed by atoms with van der Waals surface area (Å²) in [6.07, 6.45) is 2.01. The van der Waals surface area contributed by atoms with Gasteiger partial charge < -0.3 is 0 Å². The van der Waals surface area contributed by atoms with Crippen molar-refractivity contribution < 1.29 is 0 Å². The fourth-order valence-corrected chi connectivity index (χ4v) is 2.50. The molecule has 0 bridgehead atoms. The van der Waals surface area contributed by atoms with Crippen LogP contribution in [-0.2, 0) is 0 Å². The Morgan fingerprint density at radius 1 is 1.25 bits per heavy atom. The summed E-state index contributed by atoms with van der Waals surface area (Å²) >= 11 is 1.97. The Labute approximate surface area is 105 Å². The van der Waals surface area contributed by atoms with Crippen molar-refractivity contribution in [2.75, 3.05) is 5.75 Å². The van der Waals surface area contributed by atoms with E-state index in [0.29, 0.717) is 10.8 Å². The van der Waals surface area contributed by atoms with Crippen LogP contribution in [0.3, 0.4) is 0 Å². The fourth-order valence-electron chi connectivity index (χ4n) is 1.60. The van der Waals surface area contributed by atoms with Gasteiger partial charge in [-0.15, -0.1) is 0 Å². The van der Waals surface area contributed by atoms with Crippen LogP contribution in [-0.4, -0.2) is 22.1 Å². The standard InChI is InChI=1S/C13H26N2S/c1-11(2)15-13(6,10-14)8-7-9-16-12(3,4)5/h11,15H,7-9H2,1-6H3. The first-order valence-corrected chi connectivity index (χ1v) is 7.00. The molecule has 0 radical (unpaired) electrons. The molecule has 0 saturated heterocycles. The van der Waals surface area contributed by atoms with Crippen molar-refractivity contribution in [3.63, 3.8) is 0 Å². The van der Waals surface area contributed by atoms with Crippen molar-refractivity contribution in [1.29, 1.82) is 5.26 Å². The van der Waals surface area contributed by atoms with Gasteiger partial charge in [-0.1, -0.05) is 20.8 Å². The van der Waals surface area contributed by atoms with E-state index in [2.05, 4.69) is 46.0 Å². The average Bonchev–Trinajstić information content (AvgIpc) is 2.10. The molecule has 1 unspecified atom stereocenters. The molecule has 0 amide bonds. The summed E-state index contributed by atoms with van der Waals surface area (Å²) in [6.45, 7) is 12.8. The topological polar surface area (TPSA) is 35.8 Å². The molecule has 2 nitrogen and oxygen atoms in total. The van der Waals surface area contributed by atoms with Gasteiger partial charge >= 0.3 is 0 Å². The second-order valence-electron chi connectivity index (χ2n) is 5.81. The normalized spacial score (nSPS) is 15.9. The van der Waals surface area contributed by atoms with Gasteiger partial charge in [0.15, 0.2) is 0 Å². The predicted octanol–water partition coefficient (Wildman–Crippen LogP) is 3.58. The molecule has 3 heteroatoms. The first kappa shape index (κ1) is 15.8. The van der Waals surface area contributed by atoms with Crippen LogP contribution in [0.15, 0.2) is 0 Å². The number of nitrogens with one attached hydrogen (secondary N) is 1. The molecule has 0 heterocycles. The molecule has 94 valence electrons. The van der Waals surface area contributed by atoms with E-state index in [1.165, 1.54) is 0 Å². The summed E-state index contributed by atoms with van der Waals surface area (Å²) in [5.74, 6) is 1.13. The summed E-state index contributed by atoms with van der Waals surface area (Å²) < 4.78 is 0.328. The Bertz CT molecular complexity index is 237. The Balaban J connectivity index is 3.93. The van der Waals surface area contributed by atoms with E-state index in [1.54, 1.807) is 0 Å². The van der Waals surface area contributed by atoms with Crippen LogP contribution in [0.25, 0.3) is 0 Å². The second-order valence-corrected chi connectivity index (χ2v) is 7.73. The minimum atomic E-state index is -0.368. The van der Waals surface area contributed by atoms with Crippen molar-refractivity contribution in [2.24, 2.45) is 0 Å². The van der Waals surface area contributed by atoms with Crippen molar-refractivity contribution in [1.82, 2.24) is 5.32 Å². The van der Waals surface area contributed by atoms with Gasteiger partial charge in [-0.3, -0.25) is 5.32 Å². The van der Waals surface area contributed by atoms with Crippen LogP contribution >= 0.6 is 11.8 Å². The molecule has 0 saturated carbocycles. The molecule has 0 aromatic carbocycles. The minimum absolute atomic E-state index is 0.328. The lowest BCUT2D eigenvalue weighted by molar-refractivity contribution is 0.380. The van der Waals surface area contributed by atoms with Gasteiger partial charge in [0, 0.05) is 10.8 Å². The molecule has 0 aliphatic rings. The van der Waals surface area contributed by atoms with Gasteiger partial charge in [0.1, 0.15) is 5.54 Å².